The highest BCUT2D eigenvalue weighted by Crippen LogP contribution is 2.66. The van der Waals surface area contributed by atoms with E-state index < -0.39 is 0 Å². The summed E-state index contributed by atoms with van der Waals surface area (Å²) in [6.07, 6.45) is 25.7. The standard InChI is InChI=1S/C30H48O3/c1-29-17-16-27-25(26(29)13-14-28(29)33-23-9-5-6-10-23)12-11-21-19-24(32-22-7-3-4-8-22)15-18-30(21,27)20-31-2/h19,22-28H,3-18,20H2,1-2H3/t24?,25-,26-,27+,28?,29-,30+/m0/s1. The molecule has 0 aliphatic heterocycles. The normalized spacial score (nSPS) is 46.1. The molecule has 0 heterocycles. The van der Waals surface area contributed by atoms with Gasteiger partial charge in [0.25, 0.3) is 0 Å². The van der Waals surface area contributed by atoms with Gasteiger partial charge in [-0.2, -0.15) is 0 Å². The first-order valence-electron chi connectivity index (χ1n) is 14.6. The van der Waals surface area contributed by atoms with Crippen LogP contribution in [0, 0.1) is 28.6 Å². The average molecular weight is 457 g/mol. The summed E-state index contributed by atoms with van der Waals surface area (Å²) in [6.45, 7) is 3.53. The molecule has 3 heteroatoms. The van der Waals surface area contributed by atoms with E-state index >= 15 is 0 Å². The highest BCUT2D eigenvalue weighted by Gasteiger charge is 2.60. The van der Waals surface area contributed by atoms with E-state index in [0.29, 0.717) is 29.8 Å². The minimum absolute atomic E-state index is 0.277. The molecule has 0 aromatic carbocycles. The molecule has 2 unspecified atom stereocenters. The number of rotatable bonds is 6. The lowest BCUT2D eigenvalue weighted by molar-refractivity contribution is -0.127. The fraction of sp³-hybridized carbons (Fsp3) is 0.933. The minimum Gasteiger partial charge on any atom is -0.384 e. The van der Waals surface area contributed by atoms with Gasteiger partial charge in [0, 0.05) is 12.5 Å². The SMILES string of the molecule is COC[C@]12CCC(OC3CCCC3)C=C1CC[C@@H]1[C@H]2CC[C@]2(C)C(OC3CCCC3)CC[C@@H]12. The van der Waals surface area contributed by atoms with Gasteiger partial charge in [-0.25, -0.2) is 0 Å². The second-order valence-corrected chi connectivity index (χ2v) is 13.0. The molecule has 0 spiro atoms. The molecule has 0 saturated heterocycles. The molecule has 186 valence electrons. The van der Waals surface area contributed by atoms with Crippen LogP contribution in [0.25, 0.3) is 0 Å². The largest absolute Gasteiger partial charge is 0.384 e. The van der Waals surface area contributed by atoms with Crippen molar-refractivity contribution >= 4 is 0 Å². The van der Waals surface area contributed by atoms with Crippen LogP contribution in [0.2, 0.25) is 0 Å². The smallest absolute Gasteiger partial charge is 0.0762 e. The Labute approximate surface area is 202 Å². The van der Waals surface area contributed by atoms with E-state index in [9.17, 15) is 0 Å². The van der Waals surface area contributed by atoms with Gasteiger partial charge in [-0.1, -0.05) is 44.3 Å². The summed E-state index contributed by atoms with van der Waals surface area (Å²) in [5.74, 6) is 2.51. The first-order chi connectivity index (χ1) is 16.1. The summed E-state index contributed by atoms with van der Waals surface area (Å²) in [5.41, 5.74) is 2.39. The second-order valence-electron chi connectivity index (χ2n) is 13.0. The molecule has 33 heavy (non-hydrogen) atoms. The fourth-order valence-corrected chi connectivity index (χ4v) is 9.83. The number of hydrogen-bond acceptors (Lipinski definition) is 3. The molecule has 0 aromatic rings. The third-order valence-corrected chi connectivity index (χ3v) is 11.4. The number of methoxy groups -OCH3 is 1. The van der Waals surface area contributed by atoms with E-state index in [1.807, 2.05) is 7.11 Å². The first kappa shape index (κ1) is 23.0. The van der Waals surface area contributed by atoms with Crippen LogP contribution < -0.4 is 0 Å². The quantitative estimate of drug-likeness (QED) is 0.395. The predicted octanol–water partition coefficient (Wildman–Crippen LogP) is 7.23. The molecular formula is C30H48O3. The van der Waals surface area contributed by atoms with Crippen LogP contribution in [0.1, 0.15) is 110 Å². The molecule has 0 N–H and O–H groups in total. The van der Waals surface area contributed by atoms with Gasteiger partial charge in [0.2, 0.25) is 0 Å². The molecule has 5 saturated carbocycles. The van der Waals surface area contributed by atoms with Gasteiger partial charge >= 0.3 is 0 Å². The second kappa shape index (κ2) is 9.25. The molecule has 0 radical (unpaired) electrons. The zero-order chi connectivity index (χ0) is 22.5. The lowest BCUT2D eigenvalue weighted by atomic mass is 9.47. The van der Waals surface area contributed by atoms with Crippen molar-refractivity contribution in [3.05, 3.63) is 11.6 Å². The molecule has 6 rings (SSSR count). The molecule has 7 atom stereocenters. The van der Waals surface area contributed by atoms with Gasteiger partial charge in [0.15, 0.2) is 0 Å². The Kier molecular flexibility index (Phi) is 6.46. The minimum atomic E-state index is 0.277. The fourth-order valence-electron chi connectivity index (χ4n) is 9.83. The Bertz CT molecular complexity index is 720. The third-order valence-electron chi connectivity index (χ3n) is 11.4. The first-order valence-corrected chi connectivity index (χ1v) is 14.6. The summed E-state index contributed by atoms with van der Waals surface area (Å²) in [4.78, 5) is 0. The van der Waals surface area contributed by atoms with Crippen LogP contribution in [0.15, 0.2) is 11.6 Å². The Morgan fingerprint density at radius 1 is 0.788 bits per heavy atom. The summed E-state index contributed by atoms with van der Waals surface area (Å²) >= 11 is 0. The van der Waals surface area contributed by atoms with Crippen LogP contribution >= 0.6 is 0 Å². The van der Waals surface area contributed by atoms with Crippen molar-refractivity contribution in [1.82, 2.24) is 0 Å². The van der Waals surface area contributed by atoms with Crippen molar-refractivity contribution in [2.75, 3.05) is 13.7 Å². The van der Waals surface area contributed by atoms with E-state index in [-0.39, 0.29) is 5.41 Å². The van der Waals surface area contributed by atoms with Crippen molar-refractivity contribution in [2.45, 2.75) is 134 Å². The summed E-state index contributed by atoms with van der Waals surface area (Å²) in [6, 6.07) is 0. The van der Waals surface area contributed by atoms with Crippen molar-refractivity contribution < 1.29 is 14.2 Å². The van der Waals surface area contributed by atoms with Gasteiger partial charge in [-0.05, 0) is 100 Å². The number of ether oxygens (including phenoxy) is 3. The van der Waals surface area contributed by atoms with Crippen LogP contribution in [-0.4, -0.2) is 38.1 Å². The van der Waals surface area contributed by atoms with Crippen LogP contribution in [-0.2, 0) is 14.2 Å². The molecule has 0 bridgehead atoms. The Balaban J connectivity index is 1.21. The summed E-state index contributed by atoms with van der Waals surface area (Å²) in [5, 5.41) is 0. The van der Waals surface area contributed by atoms with E-state index in [2.05, 4.69) is 13.0 Å². The van der Waals surface area contributed by atoms with E-state index in [0.717, 1.165) is 24.4 Å². The molecule has 3 nitrogen and oxygen atoms in total. The van der Waals surface area contributed by atoms with Gasteiger partial charge in [0.05, 0.1) is 31.0 Å². The topological polar surface area (TPSA) is 27.7 Å². The Morgan fingerprint density at radius 3 is 2.24 bits per heavy atom. The lowest BCUT2D eigenvalue weighted by Crippen LogP contribution is -2.54. The van der Waals surface area contributed by atoms with E-state index in [4.69, 9.17) is 14.2 Å². The highest BCUT2D eigenvalue weighted by atomic mass is 16.5. The molecule has 0 aromatic heterocycles. The number of fused-ring (bicyclic) bond motifs is 5. The molecular weight excluding hydrogens is 408 g/mol. The highest BCUT2D eigenvalue weighted by molar-refractivity contribution is 5.27. The number of hydrogen-bond donors (Lipinski definition) is 0. The van der Waals surface area contributed by atoms with Gasteiger partial charge in [-0.3, -0.25) is 0 Å². The van der Waals surface area contributed by atoms with Gasteiger partial charge in [0.1, 0.15) is 0 Å². The van der Waals surface area contributed by atoms with Crippen molar-refractivity contribution in [1.29, 1.82) is 0 Å². The maximum absolute atomic E-state index is 6.83. The summed E-state index contributed by atoms with van der Waals surface area (Å²) < 4.78 is 19.4. The van der Waals surface area contributed by atoms with Crippen molar-refractivity contribution in [3.8, 4) is 0 Å². The monoisotopic (exact) mass is 456 g/mol. The third kappa shape index (κ3) is 3.97. The maximum Gasteiger partial charge on any atom is 0.0762 e. The molecule has 0 amide bonds. The Morgan fingerprint density at radius 2 is 1.52 bits per heavy atom. The Hall–Kier alpha value is -0.380. The van der Waals surface area contributed by atoms with Gasteiger partial charge in [-0.15, -0.1) is 0 Å². The van der Waals surface area contributed by atoms with Gasteiger partial charge < -0.3 is 14.2 Å². The van der Waals surface area contributed by atoms with Crippen LogP contribution in [0.4, 0.5) is 0 Å². The molecule has 6 aliphatic carbocycles. The zero-order valence-corrected chi connectivity index (χ0v) is 21.4. The lowest BCUT2D eigenvalue weighted by Gasteiger charge is -2.59. The van der Waals surface area contributed by atoms with E-state index in [1.165, 1.54) is 103 Å². The predicted molar refractivity (Wildman–Crippen MR) is 132 cm³/mol. The van der Waals surface area contributed by atoms with Crippen LogP contribution in [0.3, 0.4) is 0 Å². The maximum atomic E-state index is 6.83. The zero-order valence-electron chi connectivity index (χ0n) is 21.4. The van der Waals surface area contributed by atoms with Crippen LogP contribution in [0.5, 0.6) is 0 Å². The summed E-state index contributed by atoms with van der Waals surface area (Å²) in [7, 11) is 1.94. The average Bonchev–Trinajstić information content (AvgIpc) is 3.57. The van der Waals surface area contributed by atoms with Crippen molar-refractivity contribution in [3.63, 3.8) is 0 Å². The van der Waals surface area contributed by atoms with Crippen molar-refractivity contribution in [2.24, 2.45) is 28.6 Å². The molecule has 5 fully saturated rings. The molecule has 6 aliphatic rings. The van der Waals surface area contributed by atoms with E-state index in [1.54, 1.807) is 5.57 Å².